The van der Waals surface area contributed by atoms with Gasteiger partial charge in [-0.25, -0.2) is 4.98 Å². The summed E-state index contributed by atoms with van der Waals surface area (Å²) in [6.45, 7) is 5.33. The van der Waals surface area contributed by atoms with E-state index in [-0.39, 0.29) is 6.04 Å². The average molecular weight is 279 g/mol. The highest BCUT2D eigenvalue weighted by atomic mass is 15.1. The van der Waals surface area contributed by atoms with Gasteiger partial charge in [-0.1, -0.05) is 49.4 Å². The van der Waals surface area contributed by atoms with Crippen LogP contribution in [0.1, 0.15) is 31.5 Å². The summed E-state index contributed by atoms with van der Waals surface area (Å²) in [7, 11) is 0. The van der Waals surface area contributed by atoms with Crippen molar-refractivity contribution >= 4 is 11.0 Å². The van der Waals surface area contributed by atoms with Gasteiger partial charge < -0.3 is 9.88 Å². The van der Waals surface area contributed by atoms with E-state index in [2.05, 4.69) is 77.2 Å². The molecule has 0 fully saturated rings. The van der Waals surface area contributed by atoms with E-state index in [1.807, 2.05) is 12.4 Å². The van der Waals surface area contributed by atoms with E-state index in [4.69, 9.17) is 0 Å². The standard InChI is InChI=1S/C18H21N3/c1-3-19-18(15-9-5-4-6-10-15)14(2)21-13-20-16-11-7-8-12-17(16)21/h4-14,18-19H,3H2,1-2H3. The van der Waals surface area contributed by atoms with Gasteiger partial charge in [0.15, 0.2) is 0 Å². The lowest BCUT2D eigenvalue weighted by Crippen LogP contribution is -2.28. The van der Waals surface area contributed by atoms with Crippen LogP contribution in [0.5, 0.6) is 0 Å². The van der Waals surface area contributed by atoms with Crippen LogP contribution in [-0.2, 0) is 0 Å². The zero-order chi connectivity index (χ0) is 14.7. The number of rotatable bonds is 5. The van der Waals surface area contributed by atoms with Crippen molar-refractivity contribution in [2.75, 3.05) is 6.54 Å². The zero-order valence-corrected chi connectivity index (χ0v) is 12.5. The fraction of sp³-hybridized carbons (Fsp3) is 0.278. The summed E-state index contributed by atoms with van der Waals surface area (Å²) in [6, 6.07) is 19.5. The molecular formula is C18H21N3. The number of imidazole rings is 1. The first kappa shape index (κ1) is 13.8. The fourth-order valence-corrected chi connectivity index (χ4v) is 2.91. The van der Waals surface area contributed by atoms with Crippen LogP contribution in [0.15, 0.2) is 60.9 Å². The molecule has 108 valence electrons. The first-order chi connectivity index (χ1) is 10.3. The van der Waals surface area contributed by atoms with Gasteiger partial charge in [0.2, 0.25) is 0 Å². The smallest absolute Gasteiger partial charge is 0.0961 e. The molecule has 0 aliphatic heterocycles. The minimum absolute atomic E-state index is 0.272. The first-order valence-electron chi connectivity index (χ1n) is 7.51. The number of likely N-dealkylation sites (N-methyl/N-ethyl adjacent to an activating group) is 1. The quantitative estimate of drug-likeness (QED) is 0.766. The maximum atomic E-state index is 4.51. The molecule has 21 heavy (non-hydrogen) atoms. The molecular weight excluding hydrogens is 258 g/mol. The molecule has 1 aromatic heterocycles. The molecule has 2 atom stereocenters. The number of nitrogens with one attached hydrogen (secondary N) is 1. The van der Waals surface area contributed by atoms with Gasteiger partial charge in [0, 0.05) is 0 Å². The molecule has 0 aliphatic carbocycles. The molecule has 0 bridgehead atoms. The Morgan fingerprint density at radius 3 is 2.52 bits per heavy atom. The van der Waals surface area contributed by atoms with Crippen molar-refractivity contribution < 1.29 is 0 Å². The van der Waals surface area contributed by atoms with Gasteiger partial charge in [0.1, 0.15) is 0 Å². The number of fused-ring (bicyclic) bond motifs is 1. The van der Waals surface area contributed by atoms with Crippen LogP contribution in [0.4, 0.5) is 0 Å². The summed E-state index contributed by atoms with van der Waals surface area (Å²) in [5, 5.41) is 3.60. The highest BCUT2D eigenvalue weighted by Crippen LogP contribution is 2.28. The Kier molecular flexibility index (Phi) is 4.02. The third-order valence-corrected chi connectivity index (χ3v) is 3.99. The van der Waals surface area contributed by atoms with Crippen LogP contribution in [0, 0.1) is 0 Å². The molecule has 3 rings (SSSR count). The molecule has 0 amide bonds. The van der Waals surface area contributed by atoms with Gasteiger partial charge in [-0.2, -0.15) is 0 Å². The summed E-state index contributed by atoms with van der Waals surface area (Å²) in [5.41, 5.74) is 3.54. The van der Waals surface area contributed by atoms with E-state index >= 15 is 0 Å². The summed E-state index contributed by atoms with van der Waals surface area (Å²) < 4.78 is 2.26. The Bertz CT molecular complexity index is 703. The lowest BCUT2D eigenvalue weighted by molar-refractivity contribution is 0.392. The predicted octanol–water partition coefficient (Wildman–Crippen LogP) is 3.95. The Balaban J connectivity index is 1.99. The minimum atomic E-state index is 0.272. The van der Waals surface area contributed by atoms with Crippen molar-refractivity contribution in [2.45, 2.75) is 25.9 Å². The van der Waals surface area contributed by atoms with Crippen LogP contribution >= 0.6 is 0 Å². The van der Waals surface area contributed by atoms with E-state index < -0.39 is 0 Å². The Morgan fingerprint density at radius 1 is 1.05 bits per heavy atom. The van der Waals surface area contributed by atoms with Gasteiger partial charge in [0.05, 0.1) is 29.4 Å². The van der Waals surface area contributed by atoms with Crippen molar-refractivity contribution in [3.63, 3.8) is 0 Å². The van der Waals surface area contributed by atoms with Crippen molar-refractivity contribution in [3.05, 3.63) is 66.5 Å². The first-order valence-corrected chi connectivity index (χ1v) is 7.51. The summed E-state index contributed by atoms with van der Waals surface area (Å²) in [4.78, 5) is 4.51. The predicted molar refractivity (Wildman–Crippen MR) is 87.3 cm³/mol. The molecule has 1 N–H and O–H groups in total. The van der Waals surface area contributed by atoms with Gasteiger partial charge in [-0.05, 0) is 31.2 Å². The van der Waals surface area contributed by atoms with Gasteiger partial charge in [0.25, 0.3) is 0 Å². The monoisotopic (exact) mass is 279 g/mol. The maximum absolute atomic E-state index is 4.51. The molecule has 2 aromatic carbocycles. The van der Waals surface area contributed by atoms with Gasteiger partial charge in [-0.3, -0.25) is 0 Å². The van der Waals surface area contributed by atoms with Crippen molar-refractivity contribution in [1.29, 1.82) is 0 Å². The number of hydrogen-bond acceptors (Lipinski definition) is 2. The second-order valence-electron chi connectivity index (χ2n) is 5.33. The molecule has 3 nitrogen and oxygen atoms in total. The van der Waals surface area contributed by atoms with E-state index in [9.17, 15) is 0 Å². The number of aromatic nitrogens is 2. The average Bonchev–Trinajstić information content (AvgIpc) is 2.97. The maximum Gasteiger partial charge on any atom is 0.0961 e. The van der Waals surface area contributed by atoms with E-state index in [0.717, 1.165) is 12.1 Å². The largest absolute Gasteiger partial charge is 0.326 e. The highest BCUT2D eigenvalue weighted by Gasteiger charge is 2.21. The molecule has 0 aliphatic rings. The fourth-order valence-electron chi connectivity index (χ4n) is 2.91. The molecule has 2 unspecified atom stereocenters. The zero-order valence-electron chi connectivity index (χ0n) is 12.5. The lowest BCUT2D eigenvalue weighted by Gasteiger charge is -2.27. The van der Waals surface area contributed by atoms with E-state index in [1.54, 1.807) is 0 Å². The van der Waals surface area contributed by atoms with Crippen LogP contribution in [-0.4, -0.2) is 16.1 Å². The van der Waals surface area contributed by atoms with Crippen LogP contribution < -0.4 is 5.32 Å². The Morgan fingerprint density at radius 2 is 1.76 bits per heavy atom. The summed E-state index contributed by atoms with van der Waals surface area (Å²) in [6.07, 6.45) is 1.95. The second-order valence-corrected chi connectivity index (χ2v) is 5.33. The van der Waals surface area contributed by atoms with E-state index in [0.29, 0.717) is 6.04 Å². The summed E-state index contributed by atoms with van der Waals surface area (Å²) >= 11 is 0. The van der Waals surface area contributed by atoms with Gasteiger partial charge in [-0.15, -0.1) is 0 Å². The normalized spacial score (nSPS) is 14.2. The highest BCUT2D eigenvalue weighted by molar-refractivity contribution is 5.75. The number of para-hydroxylation sites is 2. The van der Waals surface area contributed by atoms with Crippen LogP contribution in [0.3, 0.4) is 0 Å². The number of benzene rings is 2. The van der Waals surface area contributed by atoms with Crippen LogP contribution in [0.2, 0.25) is 0 Å². The molecule has 0 spiro atoms. The van der Waals surface area contributed by atoms with Crippen LogP contribution in [0.25, 0.3) is 11.0 Å². The van der Waals surface area contributed by atoms with Crippen molar-refractivity contribution in [1.82, 2.24) is 14.9 Å². The van der Waals surface area contributed by atoms with Crippen molar-refractivity contribution in [2.24, 2.45) is 0 Å². The molecule has 0 radical (unpaired) electrons. The number of hydrogen-bond donors (Lipinski definition) is 1. The molecule has 0 saturated heterocycles. The number of nitrogens with zero attached hydrogens (tertiary/aromatic N) is 2. The summed E-state index contributed by atoms with van der Waals surface area (Å²) in [5.74, 6) is 0. The van der Waals surface area contributed by atoms with Gasteiger partial charge >= 0.3 is 0 Å². The van der Waals surface area contributed by atoms with E-state index in [1.165, 1.54) is 11.1 Å². The molecule has 1 heterocycles. The third kappa shape index (κ3) is 2.69. The topological polar surface area (TPSA) is 29.9 Å². The SMILES string of the molecule is CCNC(c1ccccc1)C(C)n1cnc2ccccc21. The molecule has 3 aromatic rings. The molecule has 0 saturated carbocycles. The lowest BCUT2D eigenvalue weighted by atomic mass is 10.00. The Hall–Kier alpha value is -2.13. The third-order valence-electron chi connectivity index (χ3n) is 3.99. The second kappa shape index (κ2) is 6.10. The minimum Gasteiger partial charge on any atom is -0.326 e. The Labute approximate surface area is 125 Å². The molecule has 3 heteroatoms. The van der Waals surface area contributed by atoms with Crippen molar-refractivity contribution in [3.8, 4) is 0 Å².